The van der Waals surface area contributed by atoms with Gasteiger partial charge in [-0.05, 0) is 48.0 Å². The predicted octanol–water partition coefficient (Wildman–Crippen LogP) is 5.60. The summed E-state index contributed by atoms with van der Waals surface area (Å²) in [5.74, 6) is -1.15. The first kappa shape index (κ1) is 20.2. The van der Waals surface area contributed by atoms with Crippen LogP contribution in [0, 0.1) is 0 Å². The van der Waals surface area contributed by atoms with Gasteiger partial charge in [0.1, 0.15) is 5.54 Å². The summed E-state index contributed by atoms with van der Waals surface area (Å²) in [6.45, 7) is 0. The maximum absolute atomic E-state index is 13.4. The van der Waals surface area contributed by atoms with Crippen molar-refractivity contribution in [1.82, 2.24) is 0 Å². The van der Waals surface area contributed by atoms with E-state index in [4.69, 9.17) is 34.8 Å². The fourth-order valence-electron chi connectivity index (χ4n) is 4.48. The first-order valence-corrected chi connectivity index (χ1v) is 10.5. The maximum Gasteiger partial charge on any atom is 0.294 e. The Morgan fingerprint density at radius 1 is 0.903 bits per heavy atom. The minimum absolute atomic E-state index is 0.237. The molecule has 2 aliphatic rings. The number of carbonyl (C=O) groups is 1. The number of aliphatic hydroxyl groups is 2. The molecule has 2 heterocycles. The van der Waals surface area contributed by atoms with Crippen LogP contribution in [0.25, 0.3) is 5.57 Å². The van der Waals surface area contributed by atoms with Gasteiger partial charge in [-0.15, -0.1) is 0 Å². The molecule has 0 bridgehead atoms. The van der Waals surface area contributed by atoms with Gasteiger partial charge in [0.25, 0.3) is 5.91 Å². The molecule has 1 amide bonds. The Kier molecular flexibility index (Phi) is 4.68. The molecule has 0 aliphatic carbocycles. The van der Waals surface area contributed by atoms with Gasteiger partial charge in [0, 0.05) is 37.6 Å². The van der Waals surface area contributed by atoms with Crippen LogP contribution in [0.4, 0.5) is 11.4 Å². The lowest BCUT2D eigenvalue weighted by molar-refractivity contribution is -0.117. The van der Waals surface area contributed by atoms with Crippen molar-refractivity contribution < 1.29 is 15.0 Å². The van der Waals surface area contributed by atoms with E-state index in [1.807, 2.05) is 0 Å². The highest BCUT2D eigenvalue weighted by Crippen LogP contribution is 2.57. The number of hydrogen-bond donors (Lipinski definition) is 3. The molecule has 0 radical (unpaired) electrons. The topological polar surface area (TPSA) is 72.8 Å². The monoisotopic (exact) mass is 472 g/mol. The second-order valence-electron chi connectivity index (χ2n) is 7.36. The zero-order valence-corrected chi connectivity index (χ0v) is 18.1. The van der Waals surface area contributed by atoms with Crippen LogP contribution >= 0.6 is 34.8 Å². The second-order valence-corrected chi connectivity index (χ2v) is 8.67. The lowest BCUT2D eigenvalue weighted by atomic mass is 9.79. The van der Waals surface area contributed by atoms with Crippen molar-refractivity contribution in [3.63, 3.8) is 0 Å². The minimum Gasteiger partial charge on any atom is -0.503 e. The summed E-state index contributed by atoms with van der Waals surface area (Å²) in [6.07, 6.45) is -1.29. The van der Waals surface area contributed by atoms with E-state index < -0.39 is 23.4 Å². The number of amides is 1. The third-order valence-corrected chi connectivity index (χ3v) is 6.34. The van der Waals surface area contributed by atoms with Gasteiger partial charge in [-0.25, -0.2) is 0 Å². The molecule has 8 heteroatoms. The molecule has 2 unspecified atom stereocenters. The summed E-state index contributed by atoms with van der Waals surface area (Å²) in [5.41, 5.74) is 0.819. The molecule has 5 rings (SSSR count). The third-order valence-electron chi connectivity index (χ3n) is 5.64. The molecule has 3 aromatic carbocycles. The van der Waals surface area contributed by atoms with Crippen molar-refractivity contribution in [3.8, 4) is 0 Å². The molecular formula is C23H15Cl3N2O3. The number of hydrogen-bond acceptors (Lipinski definition) is 4. The highest BCUT2D eigenvalue weighted by atomic mass is 35.5. The largest absolute Gasteiger partial charge is 0.503 e. The fourth-order valence-corrected chi connectivity index (χ4v) is 5.03. The Bertz CT molecular complexity index is 1280. The predicted molar refractivity (Wildman–Crippen MR) is 123 cm³/mol. The molecule has 2 aliphatic heterocycles. The summed E-state index contributed by atoms with van der Waals surface area (Å²) in [5, 5.41) is 26.8. The van der Waals surface area contributed by atoms with Gasteiger partial charge >= 0.3 is 0 Å². The van der Waals surface area contributed by atoms with E-state index in [1.54, 1.807) is 66.7 Å². The zero-order valence-electron chi connectivity index (χ0n) is 15.8. The quantitative estimate of drug-likeness (QED) is 0.453. The van der Waals surface area contributed by atoms with Crippen LogP contribution < -0.4 is 10.2 Å². The molecule has 0 fully saturated rings. The van der Waals surface area contributed by atoms with Crippen molar-refractivity contribution in [2.24, 2.45) is 0 Å². The fraction of sp³-hybridized carbons (Fsp3) is 0.0870. The number of rotatable bonds is 2. The third kappa shape index (κ3) is 2.85. The Morgan fingerprint density at radius 3 is 2.29 bits per heavy atom. The number of nitrogens with one attached hydrogen (secondary N) is 1. The van der Waals surface area contributed by atoms with Crippen molar-refractivity contribution in [1.29, 1.82) is 0 Å². The molecule has 0 aromatic heterocycles. The summed E-state index contributed by atoms with van der Waals surface area (Å²) in [7, 11) is 0. The highest BCUT2D eigenvalue weighted by Gasteiger charge is 2.62. The van der Waals surface area contributed by atoms with Crippen LogP contribution in [0.3, 0.4) is 0 Å². The normalized spacial score (nSPS) is 22.3. The van der Waals surface area contributed by atoms with Crippen molar-refractivity contribution in [2.45, 2.75) is 11.8 Å². The smallest absolute Gasteiger partial charge is 0.294 e. The van der Waals surface area contributed by atoms with Crippen LogP contribution in [0.2, 0.25) is 15.1 Å². The summed E-state index contributed by atoms with van der Waals surface area (Å²) in [6, 6.07) is 18.5. The lowest BCUT2D eigenvalue weighted by Gasteiger charge is -2.40. The highest BCUT2D eigenvalue weighted by molar-refractivity contribution is 6.32. The molecule has 1 spiro atoms. The van der Waals surface area contributed by atoms with Crippen molar-refractivity contribution in [2.75, 3.05) is 10.2 Å². The number of carbonyl (C=O) groups excluding carboxylic acids is 1. The van der Waals surface area contributed by atoms with Crippen molar-refractivity contribution >= 4 is 57.7 Å². The molecule has 5 nitrogen and oxygen atoms in total. The van der Waals surface area contributed by atoms with Gasteiger partial charge in [-0.1, -0.05) is 59.1 Å². The Morgan fingerprint density at radius 2 is 1.58 bits per heavy atom. The molecule has 2 atom stereocenters. The van der Waals surface area contributed by atoms with E-state index in [1.165, 1.54) is 4.90 Å². The first-order chi connectivity index (χ1) is 14.8. The SMILES string of the molecule is O=C1C(O)=C(c2cccc(Cl)c2)C2(c3ccc(Cl)cc3NC2O)N1c1cccc(Cl)c1. The second kappa shape index (κ2) is 7.18. The number of anilines is 2. The summed E-state index contributed by atoms with van der Waals surface area (Å²) >= 11 is 18.6. The number of aliphatic hydroxyl groups excluding tert-OH is 2. The summed E-state index contributed by atoms with van der Waals surface area (Å²) in [4.78, 5) is 14.8. The van der Waals surface area contributed by atoms with Gasteiger partial charge in [0.2, 0.25) is 0 Å². The van der Waals surface area contributed by atoms with E-state index in [2.05, 4.69) is 5.32 Å². The molecule has 3 aromatic rings. The van der Waals surface area contributed by atoms with Crippen LogP contribution in [-0.4, -0.2) is 22.3 Å². The minimum atomic E-state index is -1.48. The van der Waals surface area contributed by atoms with E-state index in [9.17, 15) is 15.0 Å². The van der Waals surface area contributed by atoms with E-state index >= 15 is 0 Å². The van der Waals surface area contributed by atoms with Gasteiger partial charge in [0.05, 0.1) is 0 Å². The van der Waals surface area contributed by atoms with E-state index in [-0.39, 0.29) is 5.57 Å². The standard InChI is InChI=1S/C23H15Cl3N2O3/c24-13-4-1-3-12(9-13)19-20(29)21(30)28(16-6-2-5-14(25)10-16)23(19)17-8-7-15(26)11-18(17)27-22(23)31/h1-11,22,27,29,31H. The molecule has 3 N–H and O–H groups in total. The average Bonchev–Trinajstić information content (AvgIpc) is 3.12. The van der Waals surface area contributed by atoms with Crippen LogP contribution in [0.5, 0.6) is 0 Å². The Balaban J connectivity index is 1.86. The number of nitrogens with zero attached hydrogens (tertiary/aromatic N) is 1. The number of fused-ring (bicyclic) bond motifs is 2. The van der Waals surface area contributed by atoms with Gasteiger partial charge in [-0.2, -0.15) is 0 Å². The summed E-state index contributed by atoms with van der Waals surface area (Å²) < 4.78 is 0. The molecule has 31 heavy (non-hydrogen) atoms. The first-order valence-electron chi connectivity index (χ1n) is 9.38. The maximum atomic E-state index is 13.4. The Hall–Kier alpha value is -2.70. The van der Waals surface area contributed by atoms with Gasteiger partial charge in [0.15, 0.2) is 12.0 Å². The Labute approximate surface area is 193 Å². The van der Waals surface area contributed by atoms with E-state index in [0.717, 1.165) is 0 Å². The lowest BCUT2D eigenvalue weighted by Crippen LogP contribution is -2.53. The number of benzene rings is 3. The molecular weight excluding hydrogens is 459 g/mol. The van der Waals surface area contributed by atoms with Crippen LogP contribution in [-0.2, 0) is 10.3 Å². The van der Waals surface area contributed by atoms with Crippen molar-refractivity contribution in [3.05, 3.63) is 98.7 Å². The molecule has 0 saturated carbocycles. The molecule has 0 saturated heterocycles. The molecule has 156 valence electrons. The number of halogens is 3. The zero-order chi connectivity index (χ0) is 21.9. The van der Waals surface area contributed by atoms with Crippen LogP contribution in [0.1, 0.15) is 11.1 Å². The van der Waals surface area contributed by atoms with E-state index in [0.29, 0.717) is 37.6 Å². The van der Waals surface area contributed by atoms with Gasteiger partial charge < -0.3 is 15.5 Å². The average molecular weight is 474 g/mol. The van der Waals surface area contributed by atoms with Gasteiger partial charge in [-0.3, -0.25) is 9.69 Å². The van der Waals surface area contributed by atoms with Crippen LogP contribution in [0.15, 0.2) is 72.5 Å².